The summed E-state index contributed by atoms with van der Waals surface area (Å²) in [6.45, 7) is 3.19. The lowest BCUT2D eigenvalue weighted by molar-refractivity contribution is -0.0350. The third kappa shape index (κ3) is 3.89. The molecular weight excluding hydrogens is 340 g/mol. The lowest BCUT2D eigenvalue weighted by atomic mass is 10.1. The lowest BCUT2D eigenvalue weighted by Gasteiger charge is -2.33. The second-order valence-electron chi connectivity index (χ2n) is 6.73. The van der Waals surface area contributed by atoms with Gasteiger partial charge in [0.05, 0.1) is 26.5 Å². The van der Waals surface area contributed by atoms with Crippen LogP contribution in [0.4, 0.5) is 0 Å². The van der Waals surface area contributed by atoms with Crippen LogP contribution in [0, 0.1) is 0 Å². The summed E-state index contributed by atoms with van der Waals surface area (Å²) >= 11 is 0. The first kappa shape index (κ1) is 17.8. The van der Waals surface area contributed by atoms with Crippen molar-refractivity contribution in [3.8, 4) is 11.5 Å². The number of fused-ring (bicyclic) bond motifs is 1. The first-order valence-electron chi connectivity index (χ1n) is 9.16. The predicted octanol–water partition coefficient (Wildman–Crippen LogP) is 3.83. The summed E-state index contributed by atoms with van der Waals surface area (Å²) in [7, 11) is 3.36. The molecule has 1 aromatic heterocycles. The molecule has 2 heterocycles. The molecule has 3 aromatic rings. The Hall–Kier alpha value is -2.63. The third-order valence-electron chi connectivity index (χ3n) is 5.02. The maximum Gasteiger partial charge on any atom is 0.127 e. The number of rotatable bonds is 5. The zero-order chi connectivity index (χ0) is 18.6. The molecule has 0 aliphatic carbocycles. The maximum absolute atomic E-state index is 6.02. The zero-order valence-corrected chi connectivity index (χ0v) is 15.7. The molecule has 0 bridgehead atoms. The van der Waals surface area contributed by atoms with E-state index in [0.717, 1.165) is 47.8 Å². The predicted molar refractivity (Wildman–Crippen MR) is 105 cm³/mol. The van der Waals surface area contributed by atoms with Crippen LogP contribution in [0.25, 0.3) is 10.8 Å². The normalized spacial score (nSPS) is 17.8. The highest BCUT2D eigenvalue weighted by Crippen LogP contribution is 2.28. The molecule has 0 N–H and O–H groups in total. The van der Waals surface area contributed by atoms with Gasteiger partial charge in [0.2, 0.25) is 0 Å². The molecule has 1 fully saturated rings. The van der Waals surface area contributed by atoms with Gasteiger partial charge < -0.3 is 14.2 Å². The lowest BCUT2D eigenvalue weighted by Crippen LogP contribution is -2.38. The number of nitrogens with zero attached hydrogens (tertiary/aromatic N) is 2. The molecule has 2 aromatic carbocycles. The van der Waals surface area contributed by atoms with Gasteiger partial charge in [-0.25, -0.2) is 0 Å². The molecule has 4 rings (SSSR count). The first-order valence-corrected chi connectivity index (χ1v) is 9.16. The minimum Gasteiger partial charge on any atom is -0.497 e. The minimum atomic E-state index is -0.0207. The van der Waals surface area contributed by atoms with Crippen molar-refractivity contribution >= 4 is 10.8 Å². The van der Waals surface area contributed by atoms with Gasteiger partial charge in [-0.05, 0) is 17.5 Å². The van der Waals surface area contributed by atoms with Gasteiger partial charge in [0.15, 0.2) is 0 Å². The highest BCUT2D eigenvalue weighted by molar-refractivity contribution is 5.81. The molecule has 1 aliphatic rings. The molecule has 5 heteroatoms. The molecule has 1 saturated heterocycles. The van der Waals surface area contributed by atoms with Crippen molar-refractivity contribution < 1.29 is 14.2 Å². The van der Waals surface area contributed by atoms with Gasteiger partial charge in [0.25, 0.3) is 0 Å². The quantitative estimate of drug-likeness (QED) is 0.688. The summed E-state index contributed by atoms with van der Waals surface area (Å²) in [4.78, 5) is 7.02. The highest BCUT2D eigenvalue weighted by atomic mass is 16.5. The van der Waals surface area contributed by atoms with E-state index in [4.69, 9.17) is 14.2 Å². The van der Waals surface area contributed by atoms with Gasteiger partial charge >= 0.3 is 0 Å². The van der Waals surface area contributed by atoms with Gasteiger partial charge in [-0.1, -0.05) is 30.3 Å². The van der Waals surface area contributed by atoms with Crippen LogP contribution in [0.1, 0.15) is 17.4 Å². The molecular formula is C22H24N2O3. The Bertz CT molecular complexity index is 928. The van der Waals surface area contributed by atoms with E-state index in [-0.39, 0.29) is 6.10 Å². The zero-order valence-electron chi connectivity index (χ0n) is 15.7. The van der Waals surface area contributed by atoms with Crippen LogP contribution in [0.15, 0.2) is 54.7 Å². The molecule has 0 saturated carbocycles. The monoisotopic (exact) mass is 364 g/mol. The fourth-order valence-electron chi connectivity index (χ4n) is 3.53. The third-order valence-corrected chi connectivity index (χ3v) is 5.02. The summed E-state index contributed by atoms with van der Waals surface area (Å²) in [6, 6.07) is 16.4. The van der Waals surface area contributed by atoms with E-state index in [1.54, 1.807) is 14.2 Å². The van der Waals surface area contributed by atoms with Crippen LogP contribution in [0.5, 0.6) is 11.5 Å². The largest absolute Gasteiger partial charge is 0.497 e. The van der Waals surface area contributed by atoms with Crippen molar-refractivity contribution in [3.63, 3.8) is 0 Å². The van der Waals surface area contributed by atoms with Crippen molar-refractivity contribution in [1.29, 1.82) is 0 Å². The van der Waals surface area contributed by atoms with E-state index in [1.165, 1.54) is 5.39 Å². The summed E-state index contributed by atoms with van der Waals surface area (Å²) in [6.07, 6.45) is 1.91. The Kier molecular flexibility index (Phi) is 5.23. The Morgan fingerprint density at radius 3 is 2.74 bits per heavy atom. The minimum absolute atomic E-state index is 0.0207. The molecule has 1 aliphatic heterocycles. The van der Waals surface area contributed by atoms with Crippen molar-refractivity contribution in [1.82, 2.24) is 9.88 Å². The van der Waals surface area contributed by atoms with Crippen LogP contribution in [0.2, 0.25) is 0 Å². The number of hydrogen-bond donors (Lipinski definition) is 0. The molecule has 27 heavy (non-hydrogen) atoms. The molecule has 0 spiro atoms. The highest BCUT2D eigenvalue weighted by Gasteiger charge is 2.24. The molecule has 140 valence electrons. The van der Waals surface area contributed by atoms with E-state index in [1.807, 2.05) is 24.4 Å². The van der Waals surface area contributed by atoms with Crippen LogP contribution in [0.3, 0.4) is 0 Å². The van der Waals surface area contributed by atoms with E-state index < -0.39 is 0 Å². The molecule has 0 radical (unpaired) electrons. The molecule has 0 amide bonds. The molecule has 0 unspecified atom stereocenters. The van der Waals surface area contributed by atoms with E-state index in [2.05, 4.69) is 40.2 Å². The van der Waals surface area contributed by atoms with Gasteiger partial charge in [-0.3, -0.25) is 9.88 Å². The standard InChI is InChI=1S/C22H24N2O3/c1-25-19-8-7-18(21(12-19)26-2)14-24-9-10-27-22(15-24)20-11-16-5-3-4-6-17(16)13-23-20/h3-8,11-13,22H,9-10,14-15H2,1-2H3/t22-/m1/s1. The average Bonchev–Trinajstić information content (AvgIpc) is 2.74. The van der Waals surface area contributed by atoms with Crippen molar-refractivity contribution in [2.24, 2.45) is 0 Å². The number of benzene rings is 2. The first-order chi connectivity index (χ1) is 13.3. The number of methoxy groups -OCH3 is 2. The summed E-state index contributed by atoms with van der Waals surface area (Å²) in [5.41, 5.74) is 2.13. The van der Waals surface area contributed by atoms with Crippen LogP contribution in [-0.2, 0) is 11.3 Å². The van der Waals surface area contributed by atoms with Crippen molar-refractivity contribution in [2.75, 3.05) is 33.9 Å². The topological polar surface area (TPSA) is 43.8 Å². The second-order valence-corrected chi connectivity index (χ2v) is 6.73. The molecule has 5 nitrogen and oxygen atoms in total. The number of pyridine rings is 1. The van der Waals surface area contributed by atoms with E-state index in [9.17, 15) is 0 Å². The smallest absolute Gasteiger partial charge is 0.127 e. The number of aromatic nitrogens is 1. The Labute approximate surface area is 159 Å². The van der Waals surface area contributed by atoms with E-state index in [0.29, 0.717) is 6.61 Å². The fraction of sp³-hybridized carbons (Fsp3) is 0.318. The number of morpholine rings is 1. The molecule has 1 atom stereocenters. The number of hydrogen-bond acceptors (Lipinski definition) is 5. The maximum atomic E-state index is 6.02. The SMILES string of the molecule is COc1ccc(CN2CCO[C@@H](c3cc4ccccc4cn3)C2)c(OC)c1. The van der Waals surface area contributed by atoms with Gasteiger partial charge in [-0.2, -0.15) is 0 Å². The average molecular weight is 364 g/mol. The van der Waals surface area contributed by atoms with Crippen molar-refractivity contribution in [2.45, 2.75) is 12.6 Å². The Balaban J connectivity index is 1.51. The van der Waals surface area contributed by atoms with Crippen LogP contribution < -0.4 is 9.47 Å². The fourth-order valence-corrected chi connectivity index (χ4v) is 3.53. The van der Waals surface area contributed by atoms with Crippen LogP contribution >= 0.6 is 0 Å². The van der Waals surface area contributed by atoms with Gasteiger partial charge in [0.1, 0.15) is 17.6 Å². The van der Waals surface area contributed by atoms with E-state index >= 15 is 0 Å². The number of ether oxygens (including phenoxy) is 3. The Morgan fingerprint density at radius 2 is 1.93 bits per heavy atom. The summed E-state index contributed by atoms with van der Waals surface area (Å²) in [5.74, 6) is 1.65. The Morgan fingerprint density at radius 1 is 1.07 bits per heavy atom. The van der Waals surface area contributed by atoms with Gasteiger partial charge in [0, 0.05) is 42.8 Å². The summed E-state index contributed by atoms with van der Waals surface area (Å²) in [5, 5.41) is 2.34. The second kappa shape index (κ2) is 7.94. The van der Waals surface area contributed by atoms with Crippen LogP contribution in [-0.4, -0.2) is 43.8 Å². The van der Waals surface area contributed by atoms with Crippen molar-refractivity contribution in [3.05, 3.63) is 66.0 Å². The van der Waals surface area contributed by atoms with Gasteiger partial charge in [-0.15, -0.1) is 0 Å². The summed E-state index contributed by atoms with van der Waals surface area (Å²) < 4.78 is 16.8.